The van der Waals surface area contributed by atoms with Crippen molar-refractivity contribution < 1.29 is 19.5 Å². The molecule has 0 spiro atoms. The number of para-hydroxylation sites is 1. The highest BCUT2D eigenvalue weighted by Gasteiger charge is 2.40. The third-order valence-corrected chi connectivity index (χ3v) is 6.69. The van der Waals surface area contributed by atoms with E-state index in [0.717, 1.165) is 4.88 Å². The Morgan fingerprint density at radius 3 is 2.71 bits per heavy atom. The van der Waals surface area contributed by atoms with Gasteiger partial charge in [0.25, 0.3) is 0 Å². The lowest BCUT2D eigenvalue weighted by atomic mass is 10.0. The number of ketones is 1. The minimum Gasteiger partial charge on any atom is -0.390 e. The number of primary amides is 1. The summed E-state index contributed by atoms with van der Waals surface area (Å²) in [5.74, 6) is -0.204. The number of halogens is 1. The molecule has 1 saturated heterocycles. The third-order valence-electron chi connectivity index (χ3n) is 5.39. The van der Waals surface area contributed by atoms with E-state index in [1.54, 1.807) is 30.3 Å². The number of amides is 3. The van der Waals surface area contributed by atoms with Gasteiger partial charge in [0.1, 0.15) is 6.04 Å². The van der Waals surface area contributed by atoms with Crippen LogP contribution in [-0.2, 0) is 11.2 Å². The molecule has 1 aliphatic heterocycles. The number of carbonyl (C=O) groups is 3. The lowest BCUT2D eigenvalue weighted by molar-refractivity contribution is -0.124. The number of aryl methyl sites for hydroxylation is 1. The number of aliphatic hydroxyl groups is 1. The van der Waals surface area contributed by atoms with Crippen LogP contribution < -0.4 is 11.1 Å². The van der Waals surface area contributed by atoms with Crippen LogP contribution in [0, 0.1) is 0 Å². The number of nitrogens with zero attached hydrogens (tertiary/aromatic N) is 2. The minimum absolute atomic E-state index is 0.198. The van der Waals surface area contributed by atoms with Crippen molar-refractivity contribution >= 4 is 57.4 Å². The minimum atomic E-state index is -0.919. The predicted octanol–water partition coefficient (Wildman–Crippen LogP) is 3.45. The number of aliphatic hydroxyl groups excluding tert-OH is 1. The molecule has 1 aromatic carbocycles. The molecule has 2 aromatic heterocycles. The lowest BCUT2D eigenvalue weighted by Gasteiger charge is -2.25. The van der Waals surface area contributed by atoms with Gasteiger partial charge in [-0.2, -0.15) is 0 Å². The number of benzene rings is 1. The molecule has 3 amide bonds. The van der Waals surface area contributed by atoms with Gasteiger partial charge in [0.2, 0.25) is 0 Å². The molecule has 3 heterocycles. The molecule has 162 valence electrons. The number of fused-ring (bicyclic) bond motifs is 1. The van der Waals surface area contributed by atoms with Crippen LogP contribution in [0.25, 0.3) is 10.9 Å². The average Bonchev–Trinajstić information content (AvgIpc) is 3.43. The fourth-order valence-corrected chi connectivity index (χ4v) is 5.01. The first kappa shape index (κ1) is 21.4. The van der Waals surface area contributed by atoms with Gasteiger partial charge in [0.05, 0.1) is 21.6 Å². The summed E-state index contributed by atoms with van der Waals surface area (Å²) in [5, 5.41) is 13.8. The zero-order chi connectivity index (χ0) is 22.1. The van der Waals surface area contributed by atoms with Crippen molar-refractivity contribution in [3.63, 3.8) is 0 Å². The van der Waals surface area contributed by atoms with E-state index < -0.39 is 24.2 Å². The SMILES string of the molecule is NC(=O)n1cc(NC(=O)N2CC[C@@H](O)[C@H]2C(=O)CCc2ccc(Cl)s2)c2ccccc21. The number of hydrogen-bond donors (Lipinski definition) is 3. The van der Waals surface area contributed by atoms with Crippen LogP contribution in [-0.4, -0.2) is 51.1 Å². The molecule has 0 unspecified atom stereocenters. The van der Waals surface area contributed by atoms with E-state index >= 15 is 0 Å². The number of carbonyl (C=O) groups excluding carboxylic acids is 3. The van der Waals surface area contributed by atoms with Crippen LogP contribution in [0.4, 0.5) is 15.3 Å². The highest BCUT2D eigenvalue weighted by atomic mass is 35.5. The molecule has 10 heteroatoms. The summed E-state index contributed by atoms with van der Waals surface area (Å²) in [7, 11) is 0. The summed E-state index contributed by atoms with van der Waals surface area (Å²) in [6, 6.07) is 8.57. The van der Waals surface area contributed by atoms with E-state index in [0.29, 0.717) is 33.8 Å². The van der Waals surface area contributed by atoms with Crippen LogP contribution in [0.5, 0.6) is 0 Å². The summed E-state index contributed by atoms with van der Waals surface area (Å²) in [5.41, 5.74) is 6.39. The molecule has 1 aliphatic rings. The van der Waals surface area contributed by atoms with E-state index in [9.17, 15) is 19.5 Å². The molecule has 4 N–H and O–H groups in total. The Hall–Kier alpha value is -2.88. The van der Waals surface area contributed by atoms with Crippen LogP contribution in [0.15, 0.2) is 42.6 Å². The zero-order valence-electron chi connectivity index (χ0n) is 16.5. The molecular weight excluding hydrogens is 440 g/mol. The van der Waals surface area contributed by atoms with Gasteiger partial charge < -0.3 is 21.1 Å². The maximum Gasteiger partial charge on any atom is 0.323 e. The van der Waals surface area contributed by atoms with Crippen LogP contribution in [0.2, 0.25) is 4.34 Å². The lowest BCUT2D eigenvalue weighted by Crippen LogP contribution is -2.47. The zero-order valence-corrected chi connectivity index (χ0v) is 18.0. The van der Waals surface area contributed by atoms with Crippen LogP contribution in [0.1, 0.15) is 17.7 Å². The van der Waals surface area contributed by atoms with Gasteiger partial charge in [-0.1, -0.05) is 29.8 Å². The summed E-state index contributed by atoms with van der Waals surface area (Å²) < 4.78 is 1.90. The Balaban J connectivity index is 1.50. The summed E-state index contributed by atoms with van der Waals surface area (Å²) >= 11 is 7.34. The van der Waals surface area contributed by atoms with Crippen molar-refractivity contribution in [3.8, 4) is 0 Å². The highest BCUT2D eigenvalue weighted by Crippen LogP contribution is 2.28. The fraction of sp³-hybridized carbons (Fsp3) is 0.286. The molecule has 1 fully saturated rings. The van der Waals surface area contributed by atoms with Gasteiger partial charge in [-0.3, -0.25) is 9.36 Å². The number of urea groups is 1. The molecule has 3 aromatic rings. The second kappa shape index (κ2) is 8.70. The molecule has 31 heavy (non-hydrogen) atoms. The maximum absolute atomic E-state index is 13.0. The Morgan fingerprint density at radius 2 is 2.00 bits per heavy atom. The summed E-state index contributed by atoms with van der Waals surface area (Å²) in [6.07, 6.45) is 1.55. The second-order valence-electron chi connectivity index (χ2n) is 7.36. The molecule has 0 aliphatic carbocycles. The Labute approximate surface area is 187 Å². The maximum atomic E-state index is 13.0. The third kappa shape index (κ3) is 4.30. The second-order valence-corrected chi connectivity index (χ2v) is 9.16. The van der Waals surface area contributed by atoms with Crippen molar-refractivity contribution in [2.45, 2.75) is 31.4 Å². The smallest absolute Gasteiger partial charge is 0.323 e. The largest absolute Gasteiger partial charge is 0.390 e. The number of aromatic nitrogens is 1. The summed E-state index contributed by atoms with van der Waals surface area (Å²) in [4.78, 5) is 39.9. The number of anilines is 1. The monoisotopic (exact) mass is 460 g/mol. The fourth-order valence-electron chi connectivity index (χ4n) is 3.92. The molecule has 0 radical (unpaired) electrons. The average molecular weight is 461 g/mol. The van der Waals surface area contributed by atoms with Crippen molar-refractivity contribution in [3.05, 3.63) is 51.8 Å². The molecule has 4 rings (SSSR count). The molecule has 2 atom stereocenters. The Bertz CT molecular complexity index is 1160. The number of hydrogen-bond acceptors (Lipinski definition) is 5. The molecule has 8 nitrogen and oxygen atoms in total. The van der Waals surface area contributed by atoms with E-state index in [1.165, 1.54) is 27.0 Å². The molecule has 0 bridgehead atoms. The number of thiophene rings is 1. The quantitative estimate of drug-likeness (QED) is 0.540. The highest BCUT2D eigenvalue weighted by molar-refractivity contribution is 7.16. The van der Waals surface area contributed by atoms with Gasteiger partial charge in [-0.05, 0) is 31.0 Å². The Kier molecular flexibility index (Phi) is 5.99. The van der Waals surface area contributed by atoms with Crippen molar-refractivity contribution in [1.29, 1.82) is 0 Å². The van der Waals surface area contributed by atoms with Crippen LogP contribution in [0.3, 0.4) is 0 Å². The summed E-state index contributed by atoms with van der Waals surface area (Å²) in [6.45, 7) is 0.253. The van der Waals surface area contributed by atoms with E-state index in [1.807, 2.05) is 6.07 Å². The van der Waals surface area contributed by atoms with Gasteiger partial charge in [0.15, 0.2) is 5.78 Å². The normalized spacial score (nSPS) is 18.5. The molecule has 0 saturated carbocycles. The topological polar surface area (TPSA) is 118 Å². The predicted molar refractivity (Wildman–Crippen MR) is 120 cm³/mol. The van der Waals surface area contributed by atoms with Gasteiger partial charge >= 0.3 is 12.1 Å². The number of nitrogens with two attached hydrogens (primary N) is 1. The first-order valence-electron chi connectivity index (χ1n) is 9.77. The van der Waals surface area contributed by atoms with E-state index in [4.69, 9.17) is 17.3 Å². The van der Waals surface area contributed by atoms with Gasteiger partial charge in [-0.15, -0.1) is 11.3 Å². The first-order chi connectivity index (χ1) is 14.8. The van der Waals surface area contributed by atoms with E-state index in [2.05, 4.69) is 5.32 Å². The van der Waals surface area contributed by atoms with Crippen LogP contribution >= 0.6 is 22.9 Å². The van der Waals surface area contributed by atoms with Crippen molar-refractivity contribution in [1.82, 2.24) is 9.47 Å². The molecular formula is C21H21ClN4O4S. The van der Waals surface area contributed by atoms with Gasteiger partial charge in [-0.25, -0.2) is 9.59 Å². The number of likely N-dealkylation sites (tertiary alicyclic amines) is 1. The first-order valence-corrected chi connectivity index (χ1v) is 11.0. The number of Topliss-reactive ketones (excluding diaryl/α,β-unsaturated/α-hetero) is 1. The van der Waals surface area contributed by atoms with E-state index in [-0.39, 0.29) is 18.7 Å². The van der Waals surface area contributed by atoms with Gasteiger partial charge in [0, 0.05) is 29.4 Å². The number of rotatable bonds is 5. The number of nitrogens with one attached hydrogen (secondary N) is 1. The van der Waals surface area contributed by atoms with Crippen molar-refractivity contribution in [2.75, 3.05) is 11.9 Å². The standard InChI is InChI=1S/C21H21ClN4O4S/c22-18-8-6-12(31-18)5-7-16(27)19-17(28)9-10-25(19)21(30)24-14-11-26(20(23)29)15-4-2-1-3-13(14)15/h1-4,6,8,11,17,19,28H,5,7,9-10H2,(H2,23,29)(H,24,30)/t17-,19-/m1/s1. The van der Waals surface area contributed by atoms with Crippen molar-refractivity contribution in [2.24, 2.45) is 5.73 Å². The Morgan fingerprint density at radius 1 is 1.23 bits per heavy atom.